The Hall–Kier alpha value is -4.56. The number of amides is 2. The van der Waals surface area contributed by atoms with Crippen molar-refractivity contribution in [3.05, 3.63) is 125 Å². The number of rotatable bonds is 7. The van der Waals surface area contributed by atoms with Crippen molar-refractivity contribution in [1.82, 2.24) is 24.6 Å². The highest BCUT2D eigenvalue weighted by molar-refractivity contribution is 7.12. The number of thiazole rings is 1. The van der Waals surface area contributed by atoms with E-state index < -0.39 is 5.92 Å². The first-order valence-corrected chi connectivity index (χ1v) is 15.6. The van der Waals surface area contributed by atoms with Crippen LogP contribution < -0.4 is 0 Å². The second-order valence-corrected chi connectivity index (χ2v) is 12.1. The molecule has 6 rings (SSSR count). The molecule has 1 aliphatic heterocycles. The lowest BCUT2D eigenvalue weighted by Gasteiger charge is -2.41. The molecule has 2 amide bonds. The maximum atomic E-state index is 14.1. The minimum absolute atomic E-state index is 0.0586. The maximum Gasteiger partial charge on any atom is 0.257 e. The van der Waals surface area contributed by atoms with Gasteiger partial charge in [-0.15, -0.1) is 11.3 Å². The first-order valence-electron chi connectivity index (χ1n) is 14.7. The molecule has 1 saturated heterocycles. The Morgan fingerprint density at radius 2 is 1.47 bits per heavy atom. The molecule has 2 aromatic heterocycles. The smallest absolute Gasteiger partial charge is 0.257 e. The number of carbonyl (C=O) groups is 2. The lowest BCUT2D eigenvalue weighted by molar-refractivity contribution is -0.135. The van der Waals surface area contributed by atoms with Crippen LogP contribution in [0, 0.1) is 0 Å². The highest BCUT2D eigenvalue weighted by Crippen LogP contribution is 2.31. The Kier molecular flexibility index (Phi) is 8.20. The van der Waals surface area contributed by atoms with Crippen molar-refractivity contribution >= 4 is 23.2 Å². The Labute approximate surface area is 256 Å². The molecule has 3 heterocycles. The van der Waals surface area contributed by atoms with E-state index in [9.17, 15) is 9.59 Å². The Morgan fingerprint density at radius 3 is 2.05 bits per heavy atom. The van der Waals surface area contributed by atoms with Crippen LogP contribution in [0.1, 0.15) is 59.8 Å². The summed E-state index contributed by atoms with van der Waals surface area (Å²) in [5.41, 5.74) is 5.30. The molecule has 5 aromatic rings. The van der Waals surface area contributed by atoms with E-state index in [2.05, 4.69) is 18.9 Å². The standard InChI is InChI=1S/C35H35N5O2S/c1-24(2)32-29(21-36-40(32)35-37-30(23-43-35)26-13-7-4-8-14-26)33(41)38-19-20-39(25(3)22-38)34(42)31(27-15-9-5-10-16-27)28-17-11-6-12-18-28/h4-18,21,23-25,31H,19-20,22H2,1-3H3. The molecule has 1 unspecified atom stereocenters. The fourth-order valence-corrected chi connectivity index (χ4v) is 6.71. The lowest BCUT2D eigenvalue weighted by atomic mass is 9.89. The van der Waals surface area contributed by atoms with Gasteiger partial charge in [0.1, 0.15) is 0 Å². The molecule has 0 bridgehead atoms. The van der Waals surface area contributed by atoms with Gasteiger partial charge in [0.05, 0.1) is 29.1 Å². The van der Waals surface area contributed by atoms with Crippen molar-refractivity contribution in [2.45, 2.75) is 38.6 Å². The van der Waals surface area contributed by atoms with E-state index in [0.29, 0.717) is 25.2 Å². The summed E-state index contributed by atoms with van der Waals surface area (Å²) in [6.07, 6.45) is 1.67. The topological polar surface area (TPSA) is 71.3 Å². The summed E-state index contributed by atoms with van der Waals surface area (Å²) in [4.78, 5) is 36.6. The normalized spacial score (nSPS) is 15.3. The van der Waals surface area contributed by atoms with E-state index in [1.165, 1.54) is 11.3 Å². The monoisotopic (exact) mass is 589 g/mol. The Bertz CT molecular complexity index is 1660. The first kappa shape index (κ1) is 28.6. The van der Waals surface area contributed by atoms with Crippen LogP contribution in [0.3, 0.4) is 0 Å². The summed E-state index contributed by atoms with van der Waals surface area (Å²) in [5.74, 6) is -0.331. The Morgan fingerprint density at radius 1 is 0.860 bits per heavy atom. The van der Waals surface area contributed by atoms with Gasteiger partial charge in [0.15, 0.2) is 0 Å². The van der Waals surface area contributed by atoms with Gasteiger partial charge in [-0.25, -0.2) is 9.67 Å². The maximum absolute atomic E-state index is 14.1. The summed E-state index contributed by atoms with van der Waals surface area (Å²) in [6.45, 7) is 7.56. The van der Waals surface area contributed by atoms with E-state index >= 15 is 0 Å². The second-order valence-electron chi connectivity index (χ2n) is 11.3. The molecule has 0 spiro atoms. The molecule has 1 atom stereocenters. The molecule has 43 heavy (non-hydrogen) atoms. The predicted octanol–water partition coefficient (Wildman–Crippen LogP) is 6.62. The molecule has 7 nitrogen and oxygen atoms in total. The van der Waals surface area contributed by atoms with Crippen molar-refractivity contribution in [3.8, 4) is 16.4 Å². The van der Waals surface area contributed by atoms with E-state index in [4.69, 9.17) is 4.98 Å². The fourth-order valence-electron chi connectivity index (χ4n) is 5.91. The van der Waals surface area contributed by atoms with Crippen LogP contribution >= 0.6 is 11.3 Å². The average molecular weight is 590 g/mol. The van der Waals surface area contributed by atoms with Crippen LogP contribution in [0.2, 0.25) is 0 Å². The van der Waals surface area contributed by atoms with Gasteiger partial charge in [-0.3, -0.25) is 9.59 Å². The van der Waals surface area contributed by atoms with Gasteiger partial charge in [-0.05, 0) is 24.0 Å². The van der Waals surface area contributed by atoms with Crippen LogP contribution in [0.15, 0.2) is 103 Å². The number of carbonyl (C=O) groups excluding carboxylic acids is 2. The SMILES string of the molecule is CC(C)c1c(C(=O)N2CCN(C(=O)C(c3ccccc3)c3ccccc3)C(C)C2)cnn1-c1nc(-c2ccccc2)cs1. The van der Waals surface area contributed by atoms with Gasteiger partial charge >= 0.3 is 0 Å². The summed E-state index contributed by atoms with van der Waals surface area (Å²) < 4.78 is 1.81. The van der Waals surface area contributed by atoms with Crippen molar-refractivity contribution in [1.29, 1.82) is 0 Å². The number of benzene rings is 3. The number of hydrogen-bond donors (Lipinski definition) is 0. The van der Waals surface area contributed by atoms with Crippen molar-refractivity contribution in [2.24, 2.45) is 0 Å². The zero-order valence-electron chi connectivity index (χ0n) is 24.6. The molecule has 3 aromatic carbocycles. The molecule has 218 valence electrons. The Balaban J connectivity index is 1.22. The molecule has 0 saturated carbocycles. The van der Waals surface area contributed by atoms with E-state index in [-0.39, 0.29) is 23.8 Å². The van der Waals surface area contributed by atoms with Crippen LogP contribution in [-0.2, 0) is 4.79 Å². The van der Waals surface area contributed by atoms with Gasteiger partial charge in [-0.2, -0.15) is 5.10 Å². The number of piperazine rings is 1. The predicted molar refractivity (Wildman–Crippen MR) is 171 cm³/mol. The summed E-state index contributed by atoms with van der Waals surface area (Å²) in [6, 6.07) is 29.8. The van der Waals surface area contributed by atoms with Crippen molar-refractivity contribution in [2.75, 3.05) is 19.6 Å². The zero-order chi connectivity index (χ0) is 29.9. The van der Waals surface area contributed by atoms with Gasteiger partial charge in [0, 0.05) is 36.6 Å². The fraction of sp³-hybridized carbons (Fsp3) is 0.257. The number of aromatic nitrogens is 3. The minimum Gasteiger partial charge on any atom is -0.336 e. The van der Waals surface area contributed by atoms with Crippen LogP contribution in [0.4, 0.5) is 0 Å². The summed E-state index contributed by atoms with van der Waals surface area (Å²) in [5, 5.41) is 7.39. The quantitative estimate of drug-likeness (QED) is 0.214. The lowest BCUT2D eigenvalue weighted by Crippen LogP contribution is -2.56. The van der Waals surface area contributed by atoms with Crippen molar-refractivity contribution in [3.63, 3.8) is 0 Å². The molecular formula is C35H35N5O2S. The van der Waals surface area contributed by atoms with Gasteiger partial charge in [-0.1, -0.05) is 105 Å². The van der Waals surface area contributed by atoms with Crippen LogP contribution in [0.25, 0.3) is 16.4 Å². The van der Waals surface area contributed by atoms with E-state index in [1.54, 1.807) is 6.20 Å². The average Bonchev–Trinajstić information content (AvgIpc) is 3.70. The molecule has 1 aliphatic rings. The largest absolute Gasteiger partial charge is 0.336 e. The highest BCUT2D eigenvalue weighted by Gasteiger charge is 2.36. The van der Waals surface area contributed by atoms with Gasteiger partial charge in [0.25, 0.3) is 5.91 Å². The van der Waals surface area contributed by atoms with E-state index in [1.807, 2.05) is 118 Å². The molecule has 0 N–H and O–H groups in total. The third-order valence-corrected chi connectivity index (χ3v) is 8.85. The van der Waals surface area contributed by atoms with Crippen LogP contribution in [0.5, 0.6) is 0 Å². The highest BCUT2D eigenvalue weighted by atomic mass is 32.1. The number of hydrogen-bond acceptors (Lipinski definition) is 5. The molecule has 0 aliphatic carbocycles. The summed E-state index contributed by atoms with van der Waals surface area (Å²) >= 11 is 1.51. The number of nitrogens with zero attached hydrogens (tertiary/aromatic N) is 5. The molecule has 0 radical (unpaired) electrons. The first-order chi connectivity index (χ1) is 20.9. The zero-order valence-corrected chi connectivity index (χ0v) is 25.4. The molecule has 8 heteroatoms. The van der Waals surface area contributed by atoms with Crippen molar-refractivity contribution < 1.29 is 9.59 Å². The van der Waals surface area contributed by atoms with Gasteiger partial charge < -0.3 is 9.80 Å². The second kappa shape index (κ2) is 12.4. The van der Waals surface area contributed by atoms with Gasteiger partial charge in [0.2, 0.25) is 11.0 Å². The van der Waals surface area contributed by atoms with E-state index in [0.717, 1.165) is 33.2 Å². The third-order valence-electron chi connectivity index (χ3n) is 8.04. The molecule has 1 fully saturated rings. The van der Waals surface area contributed by atoms with Crippen LogP contribution in [-0.4, -0.2) is 62.1 Å². The summed E-state index contributed by atoms with van der Waals surface area (Å²) in [7, 11) is 0. The molecular weight excluding hydrogens is 554 g/mol. The third kappa shape index (κ3) is 5.75. The minimum atomic E-state index is -0.392.